The fourth-order valence-corrected chi connectivity index (χ4v) is 2.45. The number of carboxylic acid groups (broad SMARTS) is 1. The second-order valence-electron chi connectivity index (χ2n) is 3.99. The summed E-state index contributed by atoms with van der Waals surface area (Å²) in [7, 11) is 0. The topological polar surface area (TPSA) is 105 Å². The maximum atomic E-state index is 11.3. The summed E-state index contributed by atoms with van der Waals surface area (Å²) in [6.45, 7) is 1.50. The van der Waals surface area contributed by atoms with Gasteiger partial charge in [0.2, 0.25) is 0 Å². The van der Waals surface area contributed by atoms with Gasteiger partial charge in [-0.15, -0.1) is 11.3 Å². The predicted octanol–water partition coefficient (Wildman–Crippen LogP) is 2.60. The molecule has 20 heavy (non-hydrogen) atoms. The van der Waals surface area contributed by atoms with Crippen molar-refractivity contribution in [1.29, 1.82) is 0 Å². The summed E-state index contributed by atoms with van der Waals surface area (Å²) in [6.07, 6.45) is 0. The van der Waals surface area contributed by atoms with Gasteiger partial charge in [0.05, 0.1) is 4.92 Å². The molecule has 0 aromatic carbocycles. The maximum absolute atomic E-state index is 11.3. The van der Waals surface area contributed by atoms with E-state index in [9.17, 15) is 20.0 Å². The largest absolute Gasteiger partial charge is 0.479 e. The molecule has 0 aliphatic rings. The molecule has 2 aromatic rings. The first kappa shape index (κ1) is 13.9. The molecule has 0 saturated carbocycles. The average Bonchev–Trinajstić information content (AvgIpc) is 2.88. The molecule has 0 bridgehead atoms. The molecule has 8 heteroatoms. The summed E-state index contributed by atoms with van der Waals surface area (Å²) in [5, 5.41) is 24.5. The second kappa shape index (κ2) is 5.66. The number of carbonyl (C=O) groups is 1. The highest BCUT2D eigenvalue weighted by Crippen LogP contribution is 2.25. The number of aliphatic carboxylic acids is 1. The van der Waals surface area contributed by atoms with Crippen molar-refractivity contribution in [3.8, 4) is 0 Å². The Morgan fingerprint density at radius 2 is 2.25 bits per heavy atom. The number of aryl methyl sites for hydroxylation is 1. The minimum Gasteiger partial charge on any atom is -0.479 e. The highest BCUT2D eigenvalue weighted by atomic mass is 32.1. The molecule has 0 aliphatic heterocycles. The van der Waals surface area contributed by atoms with Crippen LogP contribution in [0.15, 0.2) is 29.6 Å². The lowest BCUT2D eigenvalue weighted by Crippen LogP contribution is -2.20. The van der Waals surface area contributed by atoms with E-state index in [1.54, 1.807) is 17.5 Å². The van der Waals surface area contributed by atoms with Gasteiger partial charge in [-0.25, -0.2) is 9.78 Å². The van der Waals surface area contributed by atoms with Crippen molar-refractivity contribution in [2.45, 2.75) is 13.0 Å². The predicted molar refractivity (Wildman–Crippen MR) is 73.9 cm³/mol. The average molecular weight is 293 g/mol. The van der Waals surface area contributed by atoms with Crippen molar-refractivity contribution in [3.63, 3.8) is 0 Å². The van der Waals surface area contributed by atoms with E-state index < -0.39 is 16.9 Å². The quantitative estimate of drug-likeness (QED) is 0.648. The van der Waals surface area contributed by atoms with Crippen LogP contribution in [0.2, 0.25) is 0 Å². The standard InChI is InChI=1S/C12H11N3O4S/c1-7-8(15(18)19)4-5-10(13-7)14-11(12(16)17)9-3-2-6-20-9/h2-6,11H,1H3,(H,13,14)(H,16,17). The van der Waals surface area contributed by atoms with Gasteiger partial charge < -0.3 is 10.4 Å². The molecule has 1 atom stereocenters. The molecule has 0 spiro atoms. The Morgan fingerprint density at radius 1 is 1.50 bits per heavy atom. The Bertz CT molecular complexity index is 642. The van der Waals surface area contributed by atoms with E-state index in [1.165, 1.54) is 30.4 Å². The van der Waals surface area contributed by atoms with E-state index >= 15 is 0 Å². The number of aromatic nitrogens is 1. The van der Waals surface area contributed by atoms with Gasteiger partial charge in [-0.1, -0.05) is 6.07 Å². The van der Waals surface area contributed by atoms with Crippen molar-refractivity contribution >= 4 is 28.8 Å². The van der Waals surface area contributed by atoms with Crippen LogP contribution in [0, 0.1) is 17.0 Å². The molecule has 0 radical (unpaired) electrons. The Labute approximate surface area is 118 Å². The molecule has 2 rings (SSSR count). The molecule has 7 nitrogen and oxygen atoms in total. The van der Waals surface area contributed by atoms with Gasteiger partial charge in [0, 0.05) is 10.9 Å². The fourth-order valence-electron chi connectivity index (χ4n) is 1.69. The number of nitrogens with zero attached hydrogens (tertiary/aromatic N) is 2. The second-order valence-corrected chi connectivity index (χ2v) is 4.97. The lowest BCUT2D eigenvalue weighted by atomic mass is 10.2. The molecule has 1 unspecified atom stereocenters. The van der Waals surface area contributed by atoms with E-state index in [4.69, 9.17) is 0 Å². The van der Waals surface area contributed by atoms with Crippen molar-refractivity contribution in [2.24, 2.45) is 0 Å². The maximum Gasteiger partial charge on any atom is 0.331 e. The third kappa shape index (κ3) is 2.91. The molecular formula is C12H11N3O4S. The van der Waals surface area contributed by atoms with Crippen molar-refractivity contribution in [2.75, 3.05) is 5.32 Å². The van der Waals surface area contributed by atoms with Crippen molar-refractivity contribution in [3.05, 3.63) is 50.3 Å². The Kier molecular flexibility index (Phi) is 3.94. The number of nitrogens with one attached hydrogen (secondary N) is 1. The minimum absolute atomic E-state index is 0.0986. The summed E-state index contributed by atoms with van der Waals surface area (Å²) in [6, 6.07) is 5.23. The van der Waals surface area contributed by atoms with Crippen LogP contribution in [0.25, 0.3) is 0 Å². The first-order valence-corrected chi connectivity index (χ1v) is 6.52. The zero-order valence-corrected chi connectivity index (χ0v) is 11.3. The normalized spacial score (nSPS) is 11.8. The Morgan fingerprint density at radius 3 is 2.75 bits per heavy atom. The first-order valence-electron chi connectivity index (χ1n) is 5.64. The van der Waals surface area contributed by atoms with E-state index in [2.05, 4.69) is 10.3 Å². The number of pyridine rings is 1. The van der Waals surface area contributed by atoms with Gasteiger partial charge in [0.15, 0.2) is 6.04 Å². The number of hydrogen-bond donors (Lipinski definition) is 2. The number of rotatable bonds is 5. The lowest BCUT2D eigenvalue weighted by molar-refractivity contribution is -0.385. The number of thiophene rings is 1. The number of hydrogen-bond acceptors (Lipinski definition) is 6. The van der Waals surface area contributed by atoms with Gasteiger partial charge in [0.25, 0.3) is 5.69 Å². The molecule has 0 fully saturated rings. The SMILES string of the molecule is Cc1nc(NC(C(=O)O)c2cccs2)ccc1[N+](=O)[O-]. The van der Waals surface area contributed by atoms with E-state index in [0.717, 1.165) is 0 Å². The minimum atomic E-state index is -1.04. The zero-order chi connectivity index (χ0) is 14.7. The Balaban J connectivity index is 2.26. The van der Waals surface area contributed by atoms with E-state index in [1.807, 2.05) is 0 Å². The van der Waals surface area contributed by atoms with E-state index in [-0.39, 0.29) is 17.2 Å². The van der Waals surface area contributed by atoms with Gasteiger partial charge >= 0.3 is 5.97 Å². The molecule has 0 saturated heterocycles. The van der Waals surface area contributed by atoms with E-state index in [0.29, 0.717) is 4.88 Å². The van der Waals surface area contributed by atoms with Crippen LogP contribution in [-0.2, 0) is 4.79 Å². The summed E-state index contributed by atoms with van der Waals surface area (Å²) in [5.41, 5.74) is 0.133. The number of anilines is 1. The van der Waals surface area contributed by atoms with Crippen LogP contribution < -0.4 is 5.32 Å². The van der Waals surface area contributed by atoms with Crippen LogP contribution in [0.5, 0.6) is 0 Å². The molecule has 104 valence electrons. The molecule has 0 aliphatic carbocycles. The third-order valence-corrected chi connectivity index (χ3v) is 3.56. The van der Waals surface area contributed by atoms with Crippen LogP contribution >= 0.6 is 11.3 Å². The highest BCUT2D eigenvalue weighted by Gasteiger charge is 2.22. The molecular weight excluding hydrogens is 282 g/mol. The van der Waals surface area contributed by atoms with Crippen molar-refractivity contribution in [1.82, 2.24) is 4.98 Å². The lowest BCUT2D eigenvalue weighted by Gasteiger charge is -2.13. The smallest absolute Gasteiger partial charge is 0.331 e. The summed E-state index contributed by atoms with van der Waals surface area (Å²) in [5.74, 6) is -0.751. The van der Waals surface area contributed by atoms with Gasteiger partial charge in [0.1, 0.15) is 11.5 Å². The number of carboxylic acids is 1. The summed E-state index contributed by atoms with van der Waals surface area (Å²) >= 11 is 1.31. The summed E-state index contributed by atoms with van der Waals surface area (Å²) in [4.78, 5) is 26.1. The third-order valence-electron chi connectivity index (χ3n) is 2.62. The fraction of sp³-hybridized carbons (Fsp3) is 0.167. The first-order chi connectivity index (χ1) is 9.49. The molecule has 2 aromatic heterocycles. The summed E-state index contributed by atoms with van der Waals surface area (Å²) < 4.78 is 0. The van der Waals surface area contributed by atoms with Gasteiger partial charge in [-0.2, -0.15) is 0 Å². The molecule has 2 N–H and O–H groups in total. The van der Waals surface area contributed by atoms with Crippen LogP contribution in [0.4, 0.5) is 11.5 Å². The Hall–Kier alpha value is -2.48. The molecule has 0 amide bonds. The van der Waals surface area contributed by atoms with Crippen LogP contribution in [-0.4, -0.2) is 21.0 Å². The van der Waals surface area contributed by atoms with Crippen LogP contribution in [0.3, 0.4) is 0 Å². The van der Waals surface area contributed by atoms with Gasteiger partial charge in [-0.3, -0.25) is 10.1 Å². The van der Waals surface area contributed by atoms with Crippen LogP contribution in [0.1, 0.15) is 16.6 Å². The molecule has 2 heterocycles. The van der Waals surface area contributed by atoms with Gasteiger partial charge in [-0.05, 0) is 24.4 Å². The number of nitro groups is 1. The zero-order valence-electron chi connectivity index (χ0n) is 10.4. The van der Waals surface area contributed by atoms with Crippen molar-refractivity contribution < 1.29 is 14.8 Å². The monoisotopic (exact) mass is 293 g/mol. The highest BCUT2D eigenvalue weighted by molar-refractivity contribution is 7.10.